The molecule has 6 nitrogen and oxygen atoms in total. The van der Waals surface area contributed by atoms with Crippen LogP contribution >= 0.6 is 0 Å². The largest absolute Gasteiger partial charge is 0.481 e. The monoisotopic (exact) mass is 350 g/mol. The summed E-state index contributed by atoms with van der Waals surface area (Å²) in [5.41, 5.74) is 1.38. The summed E-state index contributed by atoms with van der Waals surface area (Å²) >= 11 is 0. The summed E-state index contributed by atoms with van der Waals surface area (Å²) in [7, 11) is 0. The molecule has 0 bridgehead atoms. The Bertz CT molecular complexity index is 1020. The van der Waals surface area contributed by atoms with Crippen molar-refractivity contribution in [2.24, 2.45) is 5.92 Å². The van der Waals surface area contributed by atoms with Gasteiger partial charge < -0.3 is 15.0 Å². The zero-order chi connectivity index (χ0) is 18.3. The van der Waals surface area contributed by atoms with Gasteiger partial charge in [-0.25, -0.2) is 0 Å². The Hall–Kier alpha value is -3.15. The first-order chi connectivity index (χ1) is 12.5. The van der Waals surface area contributed by atoms with Crippen LogP contribution in [-0.4, -0.2) is 27.6 Å². The summed E-state index contributed by atoms with van der Waals surface area (Å²) in [5, 5.41) is 13.0. The molecule has 1 aromatic heterocycles. The van der Waals surface area contributed by atoms with Gasteiger partial charge in [0.05, 0.1) is 17.0 Å². The standard InChI is InChI=1S/C20H18N2O4/c23-18(21-13-9-12(10-13)20(25)26)11-22-16-7-3-1-5-14(16)19(24)15-6-2-4-8-17(15)22/h1-8,12-13H,9-11H2,(H,21,23)(H,25,26). The van der Waals surface area contributed by atoms with Crippen molar-refractivity contribution in [3.63, 3.8) is 0 Å². The van der Waals surface area contributed by atoms with Gasteiger partial charge >= 0.3 is 5.97 Å². The highest BCUT2D eigenvalue weighted by Gasteiger charge is 2.35. The molecule has 0 aliphatic heterocycles. The van der Waals surface area contributed by atoms with E-state index in [0.29, 0.717) is 34.6 Å². The smallest absolute Gasteiger partial charge is 0.306 e. The van der Waals surface area contributed by atoms with Gasteiger partial charge in [0.1, 0.15) is 6.54 Å². The number of carboxylic acids is 1. The number of carbonyl (C=O) groups is 2. The van der Waals surface area contributed by atoms with Gasteiger partial charge in [-0.3, -0.25) is 14.4 Å². The molecule has 2 N–H and O–H groups in total. The van der Waals surface area contributed by atoms with Crippen LogP contribution in [0.3, 0.4) is 0 Å². The number of carboxylic acid groups (broad SMARTS) is 1. The van der Waals surface area contributed by atoms with Gasteiger partial charge in [0.25, 0.3) is 0 Å². The molecular formula is C20H18N2O4. The van der Waals surface area contributed by atoms with Gasteiger partial charge in [0.15, 0.2) is 5.43 Å². The van der Waals surface area contributed by atoms with Crippen molar-refractivity contribution in [3.8, 4) is 0 Å². The maximum atomic E-state index is 12.7. The predicted octanol–water partition coefficient (Wildman–Crippen LogP) is 2.13. The van der Waals surface area contributed by atoms with Crippen LogP contribution in [0.4, 0.5) is 0 Å². The van der Waals surface area contributed by atoms with E-state index in [1.165, 1.54) is 0 Å². The number of para-hydroxylation sites is 2. The lowest BCUT2D eigenvalue weighted by molar-refractivity contribution is -0.146. The number of aliphatic carboxylic acids is 1. The normalized spacial score (nSPS) is 19.2. The molecule has 6 heteroatoms. The zero-order valence-electron chi connectivity index (χ0n) is 14.0. The quantitative estimate of drug-likeness (QED) is 0.706. The minimum Gasteiger partial charge on any atom is -0.481 e. The highest BCUT2D eigenvalue weighted by molar-refractivity contribution is 5.94. The summed E-state index contributed by atoms with van der Waals surface area (Å²) in [5.74, 6) is -1.36. The second-order valence-corrected chi connectivity index (χ2v) is 6.72. The molecule has 0 atom stereocenters. The molecule has 1 fully saturated rings. The van der Waals surface area contributed by atoms with Gasteiger partial charge in [0.2, 0.25) is 5.91 Å². The molecule has 4 rings (SSSR count). The number of benzene rings is 2. The van der Waals surface area contributed by atoms with E-state index in [1.54, 1.807) is 12.1 Å². The lowest BCUT2D eigenvalue weighted by Crippen LogP contribution is -2.47. The van der Waals surface area contributed by atoms with Gasteiger partial charge in [-0.15, -0.1) is 0 Å². The Morgan fingerprint density at radius 1 is 1.00 bits per heavy atom. The Morgan fingerprint density at radius 2 is 1.54 bits per heavy atom. The average Bonchev–Trinajstić information content (AvgIpc) is 2.61. The Morgan fingerprint density at radius 3 is 2.08 bits per heavy atom. The molecule has 1 aliphatic carbocycles. The van der Waals surface area contributed by atoms with Gasteiger partial charge in [-0.2, -0.15) is 0 Å². The number of hydrogen-bond acceptors (Lipinski definition) is 3. The van der Waals surface area contributed by atoms with Gasteiger partial charge in [0, 0.05) is 16.8 Å². The molecule has 1 aliphatic rings. The van der Waals surface area contributed by atoms with E-state index >= 15 is 0 Å². The number of rotatable bonds is 4. The third kappa shape index (κ3) is 2.73. The summed E-state index contributed by atoms with van der Waals surface area (Å²) in [6, 6.07) is 14.4. The fourth-order valence-corrected chi connectivity index (χ4v) is 3.60. The van der Waals surface area contributed by atoms with Crippen molar-refractivity contribution in [2.45, 2.75) is 25.4 Å². The highest BCUT2D eigenvalue weighted by atomic mass is 16.4. The SMILES string of the molecule is O=C(Cn1c2ccccc2c(=O)c2ccccc21)NC1CC(C(=O)O)C1. The molecule has 3 aromatic rings. The number of fused-ring (bicyclic) bond motifs is 2. The molecule has 1 amide bonds. The van der Waals surface area contributed by atoms with Crippen molar-refractivity contribution in [2.75, 3.05) is 0 Å². The first-order valence-corrected chi connectivity index (χ1v) is 8.57. The first-order valence-electron chi connectivity index (χ1n) is 8.57. The van der Waals surface area contributed by atoms with Crippen LogP contribution in [0.25, 0.3) is 21.8 Å². The molecule has 0 radical (unpaired) electrons. The maximum Gasteiger partial charge on any atom is 0.306 e. The van der Waals surface area contributed by atoms with Crippen LogP contribution in [-0.2, 0) is 16.1 Å². The Kier molecular flexibility index (Phi) is 3.95. The minimum absolute atomic E-state index is 0.0452. The van der Waals surface area contributed by atoms with Crippen molar-refractivity contribution in [3.05, 3.63) is 58.8 Å². The van der Waals surface area contributed by atoms with Crippen LogP contribution in [0.15, 0.2) is 53.3 Å². The molecule has 1 heterocycles. The van der Waals surface area contributed by atoms with Crippen LogP contribution < -0.4 is 10.7 Å². The number of pyridine rings is 1. The van der Waals surface area contributed by atoms with Gasteiger partial charge in [-0.05, 0) is 37.1 Å². The van der Waals surface area contributed by atoms with Crippen LogP contribution in [0.5, 0.6) is 0 Å². The molecule has 0 saturated heterocycles. The molecule has 0 spiro atoms. The summed E-state index contributed by atoms with van der Waals surface area (Å²) in [4.78, 5) is 36.1. The Balaban J connectivity index is 1.67. The van der Waals surface area contributed by atoms with E-state index in [2.05, 4.69) is 5.32 Å². The number of aromatic nitrogens is 1. The third-order valence-corrected chi connectivity index (χ3v) is 5.03. The first kappa shape index (κ1) is 16.3. The van der Waals surface area contributed by atoms with E-state index in [9.17, 15) is 14.4 Å². The molecule has 1 saturated carbocycles. The third-order valence-electron chi connectivity index (χ3n) is 5.03. The molecule has 26 heavy (non-hydrogen) atoms. The minimum atomic E-state index is -0.812. The molecule has 2 aromatic carbocycles. The number of nitrogens with zero attached hydrogens (tertiary/aromatic N) is 1. The van der Waals surface area contributed by atoms with Gasteiger partial charge in [-0.1, -0.05) is 24.3 Å². The number of amides is 1. The van der Waals surface area contributed by atoms with E-state index in [1.807, 2.05) is 41.0 Å². The highest BCUT2D eigenvalue weighted by Crippen LogP contribution is 2.27. The summed E-state index contributed by atoms with van der Waals surface area (Å²) < 4.78 is 1.84. The predicted molar refractivity (Wildman–Crippen MR) is 98.0 cm³/mol. The average molecular weight is 350 g/mol. The van der Waals surface area contributed by atoms with Crippen LogP contribution in [0, 0.1) is 5.92 Å². The molecular weight excluding hydrogens is 332 g/mol. The summed E-state index contributed by atoms with van der Waals surface area (Å²) in [6.45, 7) is 0.0789. The second kappa shape index (κ2) is 6.29. The van der Waals surface area contributed by atoms with Crippen molar-refractivity contribution in [1.82, 2.24) is 9.88 Å². The topological polar surface area (TPSA) is 88.4 Å². The van der Waals surface area contributed by atoms with Crippen molar-refractivity contribution < 1.29 is 14.7 Å². The zero-order valence-corrected chi connectivity index (χ0v) is 14.0. The fraction of sp³-hybridized carbons (Fsp3) is 0.250. The Labute approximate surface area is 149 Å². The lowest BCUT2D eigenvalue weighted by Gasteiger charge is -2.33. The van der Waals surface area contributed by atoms with E-state index in [0.717, 1.165) is 0 Å². The summed E-state index contributed by atoms with van der Waals surface area (Å²) in [6.07, 6.45) is 0.930. The maximum absolute atomic E-state index is 12.7. The van der Waals surface area contributed by atoms with E-state index < -0.39 is 5.97 Å². The van der Waals surface area contributed by atoms with Crippen molar-refractivity contribution >= 4 is 33.7 Å². The molecule has 132 valence electrons. The lowest BCUT2D eigenvalue weighted by atomic mass is 9.80. The fourth-order valence-electron chi connectivity index (χ4n) is 3.60. The van der Waals surface area contributed by atoms with Crippen molar-refractivity contribution in [1.29, 1.82) is 0 Å². The number of carbonyl (C=O) groups excluding carboxylic acids is 1. The van der Waals surface area contributed by atoms with E-state index in [-0.39, 0.29) is 29.8 Å². The van der Waals surface area contributed by atoms with Crippen LogP contribution in [0.2, 0.25) is 0 Å². The number of hydrogen-bond donors (Lipinski definition) is 2. The second-order valence-electron chi connectivity index (χ2n) is 6.72. The molecule has 0 unspecified atom stereocenters. The number of nitrogens with one attached hydrogen (secondary N) is 1. The van der Waals surface area contributed by atoms with Crippen LogP contribution in [0.1, 0.15) is 12.8 Å². The van der Waals surface area contributed by atoms with E-state index in [4.69, 9.17) is 5.11 Å².